The molecule has 0 spiro atoms. The molecule has 3 aromatic rings. The van der Waals surface area contributed by atoms with Crippen molar-refractivity contribution in [2.24, 2.45) is 0 Å². The summed E-state index contributed by atoms with van der Waals surface area (Å²) in [6.45, 7) is 2.43. The fraction of sp³-hybridized carbons (Fsp3) is 0.174. The average molecular weight is 419 g/mol. The predicted molar refractivity (Wildman–Crippen MR) is 115 cm³/mol. The van der Waals surface area contributed by atoms with Crippen LogP contribution in [0.5, 0.6) is 5.75 Å². The topological polar surface area (TPSA) is 101 Å². The summed E-state index contributed by atoms with van der Waals surface area (Å²) in [6.07, 6.45) is 1.16. The quantitative estimate of drug-likeness (QED) is 0.635. The van der Waals surface area contributed by atoms with Crippen molar-refractivity contribution in [3.05, 3.63) is 72.7 Å². The van der Waals surface area contributed by atoms with Crippen LogP contribution < -0.4 is 20.3 Å². The number of fused-ring (bicyclic) bond motifs is 1. The Bertz CT molecular complexity index is 1090. The molecule has 0 saturated heterocycles. The lowest BCUT2D eigenvalue weighted by molar-refractivity contribution is -0.122. The second-order valence-corrected chi connectivity index (χ2v) is 6.88. The summed E-state index contributed by atoms with van der Waals surface area (Å²) in [5.41, 5.74) is 1.56. The summed E-state index contributed by atoms with van der Waals surface area (Å²) < 4.78 is 10.6. The van der Waals surface area contributed by atoms with E-state index >= 15 is 0 Å². The number of amides is 3. The lowest BCUT2D eigenvalue weighted by atomic mass is 10.0. The van der Waals surface area contributed by atoms with Crippen molar-refractivity contribution < 1.29 is 23.5 Å². The van der Waals surface area contributed by atoms with E-state index in [1.807, 2.05) is 6.92 Å². The number of anilines is 3. The fourth-order valence-corrected chi connectivity index (χ4v) is 3.43. The van der Waals surface area contributed by atoms with E-state index in [1.54, 1.807) is 54.6 Å². The van der Waals surface area contributed by atoms with Gasteiger partial charge in [0.25, 0.3) is 5.91 Å². The number of nitrogens with zero attached hydrogens (tertiary/aromatic N) is 1. The molecule has 158 valence electrons. The van der Waals surface area contributed by atoms with Crippen molar-refractivity contribution in [1.82, 2.24) is 0 Å². The molecule has 1 atom stereocenters. The Hall–Kier alpha value is -4.07. The Labute approximate surface area is 178 Å². The van der Waals surface area contributed by atoms with Gasteiger partial charge in [-0.15, -0.1) is 0 Å². The molecule has 2 N–H and O–H groups in total. The van der Waals surface area contributed by atoms with Gasteiger partial charge < -0.3 is 19.8 Å². The number of carbonyl (C=O) groups excluding carboxylic acids is 3. The molecule has 0 radical (unpaired) electrons. The van der Waals surface area contributed by atoms with Gasteiger partial charge in [0.1, 0.15) is 11.8 Å². The van der Waals surface area contributed by atoms with Gasteiger partial charge in [0.05, 0.1) is 30.7 Å². The van der Waals surface area contributed by atoms with Crippen LogP contribution in [0.15, 0.2) is 71.3 Å². The molecule has 4 rings (SSSR count). The summed E-state index contributed by atoms with van der Waals surface area (Å²) >= 11 is 0. The van der Waals surface area contributed by atoms with Crippen molar-refractivity contribution >= 4 is 34.8 Å². The van der Waals surface area contributed by atoms with Gasteiger partial charge in [-0.2, -0.15) is 0 Å². The normalized spacial score (nSPS) is 15.1. The van der Waals surface area contributed by atoms with E-state index < -0.39 is 23.8 Å². The number of ether oxygens (including phenoxy) is 1. The fourth-order valence-electron chi connectivity index (χ4n) is 3.43. The Morgan fingerprint density at radius 3 is 2.58 bits per heavy atom. The molecule has 1 aliphatic heterocycles. The minimum atomic E-state index is -1.03. The first-order valence-electron chi connectivity index (χ1n) is 9.86. The largest absolute Gasteiger partial charge is 0.494 e. The monoisotopic (exact) mass is 419 g/mol. The molecule has 0 bridgehead atoms. The molecule has 0 saturated carbocycles. The van der Waals surface area contributed by atoms with Gasteiger partial charge in [0, 0.05) is 5.69 Å². The Balaban J connectivity index is 1.57. The number of nitrogens with one attached hydrogen (secondary N) is 2. The maximum Gasteiger partial charge on any atom is 0.294 e. The number of carbonyl (C=O) groups is 3. The van der Waals surface area contributed by atoms with Crippen LogP contribution >= 0.6 is 0 Å². The van der Waals surface area contributed by atoms with E-state index in [4.69, 9.17) is 9.15 Å². The zero-order chi connectivity index (χ0) is 21.8. The molecule has 8 heteroatoms. The third kappa shape index (κ3) is 4.28. The Morgan fingerprint density at radius 1 is 1.10 bits per heavy atom. The molecule has 2 heterocycles. The third-order valence-electron chi connectivity index (χ3n) is 4.81. The SMILES string of the molecule is CCOc1ccc(NC(=O)C[C@H]2C(=O)Nc3ccccc3N2C(=O)c2ccco2)cc1. The van der Waals surface area contributed by atoms with E-state index in [1.165, 1.54) is 17.2 Å². The molecule has 2 aromatic carbocycles. The number of hydrogen-bond donors (Lipinski definition) is 2. The van der Waals surface area contributed by atoms with Gasteiger partial charge in [0.2, 0.25) is 11.8 Å². The summed E-state index contributed by atoms with van der Waals surface area (Å²) in [4.78, 5) is 40.0. The molecule has 0 aliphatic carbocycles. The summed E-state index contributed by atoms with van der Waals surface area (Å²) in [6, 6.07) is 15.9. The van der Waals surface area contributed by atoms with E-state index in [0.717, 1.165) is 0 Å². The molecule has 8 nitrogen and oxygen atoms in total. The maximum absolute atomic E-state index is 13.1. The van der Waals surface area contributed by atoms with Crippen molar-refractivity contribution in [3.63, 3.8) is 0 Å². The van der Waals surface area contributed by atoms with E-state index in [0.29, 0.717) is 29.4 Å². The average Bonchev–Trinajstić information content (AvgIpc) is 3.30. The van der Waals surface area contributed by atoms with Crippen LogP contribution in [0.1, 0.15) is 23.9 Å². The zero-order valence-corrected chi connectivity index (χ0v) is 16.8. The lowest BCUT2D eigenvalue weighted by Gasteiger charge is -2.35. The standard InChI is InChI=1S/C23H21N3O5/c1-2-30-16-11-9-15(10-12-16)24-21(27)14-19-22(28)25-17-6-3-4-7-18(17)26(19)23(29)20-8-5-13-31-20/h3-13,19H,2,14H2,1H3,(H,24,27)(H,25,28)/t19-/m0/s1. The van der Waals surface area contributed by atoms with Gasteiger partial charge in [-0.3, -0.25) is 19.3 Å². The number of para-hydroxylation sites is 2. The van der Waals surface area contributed by atoms with Crippen LogP contribution in [0.4, 0.5) is 17.1 Å². The highest BCUT2D eigenvalue weighted by Crippen LogP contribution is 2.34. The number of furan rings is 1. The Morgan fingerprint density at radius 2 is 1.87 bits per heavy atom. The molecule has 3 amide bonds. The highest BCUT2D eigenvalue weighted by atomic mass is 16.5. The van der Waals surface area contributed by atoms with E-state index in [-0.39, 0.29) is 12.2 Å². The predicted octanol–water partition coefficient (Wildman–Crippen LogP) is 3.67. The van der Waals surface area contributed by atoms with Crippen molar-refractivity contribution in [2.75, 3.05) is 22.1 Å². The van der Waals surface area contributed by atoms with Crippen molar-refractivity contribution in [2.45, 2.75) is 19.4 Å². The van der Waals surface area contributed by atoms with Gasteiger partial charge in [0.15, 0.2) is 5.76 Å². The molecular weight excluding hydrogens is 398 g/mol. The Kier molecular flexibility index (Phi) is 5.70. The van der Waals surface area contributed by atoms with Crippen LogP contribution in [0.3, 0.4) is 0 Å². The number of benzene rings is 2. The second-order valence-electron chi connectivity index (χ2n) is 6.88. The molecule has 0 unspecified atom stereocenters. The van der Waals surface area contributed by atoms with Gasteiger partial charge >= 0.3 is 0 Å². The van der Waals surface area contributed by atoms with Gasteiger partial charge in [-0.05, 0) is 55.5 Å². The highest BCUT2D eigenvalue weighted by molar-refractivity contribution is 6.17. The van der Waals surface area contributed by atoms with Crippen LogP contribution in [0, 0.1) is 0 Å². The lowest BCUT2D eigenvalue weighted by Crippen LogP contribution is -2.52. The van der Waals surface area contributed by atoms with E-state index in [2.05, 4.69) is 10.6 Å². The third-order valence-corrected chi connectivity index (χ3v) is 4.81. The molecule has 31 heavy (non-hydrogen) atoms. The van der Waals surface area contributed by atoms with Crippen molar-refractivity contribution in [1.29, 1.82) is 0 Å². The van der Waals surface area contributed by atoms with Crippen LogP contribution in [-0.2, 0) is 9.59 Å². The molecule has 0 fully saturated rings. The minimum absolute atomic E-state index is 0.0847. The van der Waals surface area contributed by atoms with Gasteiger partial charge in [-0.25, -0.2) is 0 Å². The summed E-state index contributed by atoms with van der Waals surface area (Å²) in [5, 5.41) is 5.53. The van der Waals surface area contributed by atoms with E-state index in [9.17, 15) is 14.4 Å². The highest BCUT2D eigenvalue weighted by Gasteiger charge is 2.39. The van der Waals surface area contributed by atoms with Crippen LogP contribution in [-0.4, -0.2) is 30.4 Å². The van der Waals surface area contributed by atoms with Gasteiger partial charge in [-0.1, -0.05) is 12.1 Å². The second kappa shape index (κ2) is 8.74. The maximum atomic E-state index is 13.1. The number of rotatable bonds is 6. The molecule has 1 aliphatic rings. The van der Waals surface area contributed by atoms with Crippen LogP contribution in [0.25, 0.3) is 0 Å². The smallest absolute Gasteiger partial charge is 0.294 e. The summed E-state index contributed by atoms with van der Waals surface area (Å²) in [7, 11) is 0. The van der Waals surface area contributed by atoms with Crippen LogP contribution in [0.2, 0.25) is 0 Å². The first-order chi connectivity index (χ1) is 15.1. The minimum Gasteiger partial charge on any atom is -0.494 e. The zero-order valence-electron chi connectivity index (χ0n) is 16.8. The van der Waals surface area contributed by atoms with Crippen molar-refractivity contribution in [3.8, 4) is 5.75 Å². The number of hydrogen-bond acceptors (Lipinski definition) is 5. The first-order valence-corrected chi connectivity index (χ1v) is 9.86. The summed E-state index contributed by atoms with van der Waals surface area (Å²) in [5.74, 6) is -0.562. The molecular formula is C23H21N3O5. The molecule has 1 aromatic heterocycles. The first kappa shape index (κ1) is 20.2.